The minimum absolute atomic E-state index is 0.0539. The Morgan fingerprint density at radius 2 is 1.74 bits per heavy atom. The number of carbonyl (C=O) groups excluding carboxylic acids is 3. The molecule has 0 radical (unpaired) electrons. The SMILES string of the molecule is COC(=O)C1C[C@H](OS(=O)(=O)c2ccc(Br)cc2)CN1C(=O)[C@@H](NC(=O)OC(C)(C)C)C(C)C. The van der Waals surface area contributed by atoms with Gasteiger partial charge in [0.25, 0.3) is 10.1 Å². The summed E-state index contributed by atoms with van der Waals surface area (Å²) in [5.74, 6) is -1.62. The van der Waals surface area contributed by atoms with Crippen LogP contribution in [0.1, 0.15) is 41.0 Å². The number of hydrogen-bond donors (Lipinski definition) is 1. The highest BCUT2D eigenvalue weighted by Gasteiger charge is 2.45. The molecular weight excluding hydrogens is 532 g/mol. The fourth-order valence-electron chi connectivity index (χ4n) is 3.43. The van der Waals surface area contributed by atoms with E-state index in [-0.39, 0.29) is 23.8 Å². The van der Waals surface area contributed by atoms with Gasteiger partial charge in [0.2, 0.25) is 5.91 Å². The molecule has 1 aromatic rings. The van der Waals surface area contributed by atoms with Crippen LogP contribution in [-0.2, 0) is 33.4 Å². The van der Waals surface area contributed by atoms with E-state index in [1.807, 2.05) is 0 Å². The zero-order chi connectivity index (χ0) is 25.8. The molecule has 1 N–H and O–H groups in total. The second-order valence-electron chi connectivity index (χ2n) is 9.26. The Labute approximate surface area is 208 Å². The Kier molecular flexibility index (Phi) is 9.11. The van der Waals surface area contributed by atoms with Crippen LogP contribution in [0, 0.1) is 5.92 Å². The molecule has 1 heterocycles. The molecule has 190 valence electrons. The van der Waals surface area contributed by atoms with Crippen molar-refractivity contribution in [2.75, 3.05) is 13.7 Å². The van der Waals surface area contributed by atoms with Crippen LogP contribution in [0.15, 0.2) is 33.6 Å². The number of carbonyl (C=O) groups is 3. The quantitative estimate of drug-likeness (QED) is 0.396. The van der Waals surface area contributed by atoms with Gasteiger partial charge < -0.3 is 19.7 Å². The number of nitrogens with one attached hydrogen (secondary N) is 1. The predicted octanol–water partition coefficient (Wildman–Crippen LogP) is 2.85. The van der Waals surface area contributed by atoms with Crippen molar-refractivity contribution in [2.45, 2.75) is 69.7 Å². The Balaban J connectivity index is 2.23. The maximum absolute atomic E-state index is 13.4. The van der Waals surface area contributed by atoms with Gasteiger partial charge >= 0.3 is 12.1 Å². The van der Waals surface area contributed by atoms with E-state index >= 15 is 0 Å². The van der Waals surface area contributed by atoms with Crippen molar-refractivity contribution in [1.82, 2.24) is 10.2 Å². The fraction of sp³-hybridized carbons (Fsp3) is 0.591. The number of halogens is 1. The van der Waals surface area contributed by atoms with Gasteiger partial charge in [0.05, 0.1) is 18.1 Å². The summed E-state index contributed by atoms with van der Waals surface area (Å²) in [6, 6.07) is 3.82. The number of likely N-dealkylation sites (tertiary alicyclic amines) is 1. The van der Waals surface area contributed by atoms with E-state index in [1.54, 1.807) is 46.8 Å². The number of benzene rings is 1. The molecule has 3 atom stereocenters. The molecule has 0 spiro atoms. The van der Waals surface area contributed by atoms with Crippen LogP contribution in [0.3, 0.4) is 0 Å². The molecule has 10 nitrogen and oxygen atoms in total. The van der Waals surface area contributed by atoms with Gasteiger partial charge in [-0.15, -0.1) is 0 Å². The molecule has 1 aliphatic rings. The Bertz CT molecular complexity index is 1000. The number of amides is 2. The number of esters is 1. The number of hydrogen-bond acceptors (Lipinski definition) is 8. The summed E-state index contributed by atoms with van der Waals surface area (Å²) in [7, 11) is -2.96. The first-order chi connectivity index (χ1) is 15.6. The molecule has 1 aliphatic heterocycles. The first-order valence-electron chi connectivity index (χ1n) is 10.7. The van der Waals surface area contributed by atoms with Gasteiger partial charge in [-0.25, -0.2) is 9.59 Å². The number of ether oxygens (including phenoxy) is 2. The number of methoxy groups -OCH3 is 1. The molecule has 0 aromatic heterocycles. The van der Waals surface area contributed by atoms with E-state index < -0.39 is 51.9 Å². The lowest BCUT2D eigenvalue weighted by molar-refractivity contribution is -0.152. The van der Waals surface area contributed by atoms with Crippen molar-refractivity contribution in [3.05, 3.63) is 28.7 Å². The first kappa shape index (κ1) is 28.1. The fourth-order valence-corrected chi connectivity index (χ4v) is 4.78. The summed E-state index contributed by atoms with van der Waals surface area (Å²) in [6.07, 6.45) is -1.83. The van der Waals surface area contributed by atoms with Crippen molar-refractivity contribution in [3.8, 4) is 0 Å². The highest BCUT2D eigenvalue weighted by atomic mass is 79.9. The summed E-state index contributed by atoms with van der Waals surface area (Å²) in [5.41, 5.74) is -0.767. The van der Waals surface area contributed by atoms with Gasteiger partial charge in [-0.1, -0.05) is 29.8 Å². The molecule has 0 saturated carbocycles. The number of nitrogens with zero attached hydrogens (tertiary/aromatic N) is 1. The molecule has 1 saturated heterocycles. The number of alkyl carbamates (subject to hydrolysis) is 1. The zero-order valence-electron chi connectivity index (χ0n) is 20.0. The lowest BCUT2D eigenvalue weighted by Gasteiger charge is -2.30. The second-order valence-corrected chi connectivity index (χ2v) is 11.7. The lowest BCUT2D eigenvalue weighted by Crippen LogP contribution is -2.54. The molecule has 1 fully saturated rings. The van der Waals surface area contributed by atoms with Crippen LogP contribution >= 0.6 is 15.9 Å². The van der Waals surface area contributed by atoms with Gasteiger partial charge in [0.15, 0.2) is 0 Å². The molecule has 1 unspecified atom stereocenters. The van der Waals surface area contributed by atoms with E-state index in [0.29, 0.717) is 4.47 Å². The van der Waals surface area contributed by atoms with Gasteiger partial charge in [0.1, 0.15) is 17.7 Å². The maximum Gasteiger partial charge on any atom is 0.408 e. The maximum atomic E-state index is 13.4. The van der Waals surface area contributed by atoms with Gasteiger partial charge in [0, 0.05) is 17.4 Å². The van der Waals surface area contributed by atoms with E-state index in [2.05, 4.69) is 21.2 Å². The summed E-state index contributed by atoms with van der Waals surface area (Å²) in [6.45, 7) is 8.37. The van der Waals surface area contributed by atoms with Gasteiger partial charge in [-0.2, -0.15) is 8.42 Å². The van der Waals surface area contributed by atoms with Crippen LogP contribution in [-0.4, -0.2) is 68.7 Å². The van der Waals surface area contributed by atoms with Crippen LogP contribution in [0.25, 0.3) is 0 Å². The van der Waals surface area contributed by atoms with E-state index in [9.17, 15) is 22.8 Å². The highest BCUT2D eigenvalue weighted by molar-refractivity contribution is 9.10. The normalized spacial score (nSPS) is 19.6. The Morgan fingerprint density at radius 3 is 2.24 bits per heavy atom. The molecule has 34 heavy (non-hydrogen) atoms. The molecular formula is C22H31BrN2O8S. The van der Waals surface area contributed by atoms with Crippen molar-refractivity contribution in [3.63, 3.8) is 0 Å². The molecule has 0 aliphatic carbocycles. The highest BCUT2D eigenvalue weighted by Crippen LogP contribution is 2.27. The van der Waals surface area contributed by atoms with Crippen LogP contribution < -0.4 is 5.32 Å². The summed E-state index contributed by atoms with van der Waals surface area (Å²) >= 11 is 3.24. The van der Waals surface area contributed by atoms with Crippen LogP contribution in [0.2, 0.25) is 0 Å². The minimum atomic E-state index is -4.14. The standard InChI is InChI=1S/C22H31BrN2O8S/c1-13(2)18(24-21(28)32-22(3,4)5)19(26)25-12-15(11-17(25)20(27)31-6)33-34(29,30)16-9-7-14(23)8-10-16/h7-10,13,15,17-18H,11-12H2,1-6H3,(H,24,28)/t15-,17?,18-/m0/s1. The summed E-state index contributed by atoms with van der Waals surface area (Å²) < 4.78 is 41.6. The van der Waals surface area contributed by atoms with E-state index in [1.165, 1.54) is 24.1 Å². The molecule has 2 amide bonds. The third kappa shape index (κ3) is 7.41. The Morgan fingerprint density at radius 1 is 1.15 bits per heavy atom. The first-order valence-corrected chi connectivity index (χ1v) is 12.9. The number of rotatable bonds is 7. The molecule has 2 rings (SSSR count). The minimum Gasteiger partial charge on any atom is -0.467 e. The molecule has 1 aromatic carbocycles. The topological polar surface area (TPSA) is 128 Å². The molecule has 12 heteroatoms. The predicted molar refractivity (Wildman–Crippen MR) is 126 cm³/mol. The van der Waals surface area contributed by atoms with Crippen LogP contribution in [0.4, 0.5) is 4.79 Å². The third-order valence-electron chi connectivity index (χ3n) is 4.99. The van der Waals surface area contributed by atoms with Crippen molar-refractivity contribution < 1.29 is 36.5 Å². The van der Waals surface area contributed by atoms with Crippen molar-refractivity contribution >= 4 is 44.0 Å². The third-order valence-corrected chi connectivity index (χ3v) is 6.89. The largest absolute Gasteiger partial charge is 0.467 e. The monoisotopic (exact) mass is 562 g/mol. The van der Waals surface area contributed by atoms with Gasteiger partial charge in [-0.3, -0.25) is 8.98 Å². The lowest BCUT2D eigenvalue weighted by atomic mass is 10.0. The smallest absolute Gasteiger partial charge is 0.408 e. The van der Waals surface area contributed by atoms with Crippen molar-refractivity contribution in [2.24, 2.45) is 5.92 Å². The average molecular weight is 563 g/mol. The van der Waals surface area contributed by atoms with E-state index in [4.69, 9.17) is 13.7 Å². The molecule has 0 bridgehead atoms. The van der Waals surface area contributed by atoms with Crippen LogP contribution in [0.5, 0.6) is 0 Å². The summed E-state index contributed by atoms with van der Waals surface area (Å²) in [4.78, 5) is 39.2. The van der Waals surface area contributed by atoms with E-state index in [0.717, 1.165) is 0 Å². The zero-order valence-corrected chi connectivity index (χ0v) is 22.4. The second kappa shape index (κ2) is 11.0. The Hall–Kier alpha value is -2.18. The van der Waals surface area contributed by atoms with Crippen molar-refractivity contribution in [1.29, 1.82) is 0 Å². The van der Waals surface area contributed by atoms with Gasteiger partial charge in [-0.05, 0) is 51.0 Å². The summed E-state index contributed by atoms with van der Waals surface area (Å²) in [5, 5.41) is 2.55. The average Bonchev–Trinajstić information content (AvgIpc) is 3.12.